The second kappa shape index (κ2) is 29.1. The van der Waals surface area contributed by atoms with Crippen LogP contribution in [0.15, 0.2) is 425 Å². The molecule has 0 atom stereocenters. The summed E-state index contributed by atoms with van der Waals surface area (Å²) < 4.78 is 0. The highest BCUT2D eigenvalue weighted by Gasteiger charge is 2.25. The minimum absolute atomic E-state index is 0.662. The van der Waals surface area contributed by atoms with Crippen molar-refractivity contribution in [2.45, 2.75) is 0 Å². The molecule has 0 N–H and O–H groups in total. The van der Waals surface area contributed by atoms with Crippen LogP contribution in [0, 0.1) is 0 Å². The Bertz CT molecular complexity index is 8130. The first kappa shape index (κ1) is 69.5. The third-order valence-corrected chi connectivity index (χ3v) is 24.2. The number of nitrogens with zero attached hydrogens (tertiary/aromatic N) is 6. The Kier molecular flexibility index (Phi) is 16.8. The van der Waals surface area contributed by atoms with E-state index in [0.717, 1.165) is 127 Å². The molecule has 0 saturated carbocycles. The van der Waals surface area contributed by atoms with Gasteiger partial charge in [0.05, 0.1) is 44.8 Å². The molecule has 0 aliphatic heterocycles. The number of para-hydroxylation sites is 2. The van der Waals surface area contributed by atoms with Crippen molar-refractivity contribution in [3.8, 4) is 112 Å². The Labute approximate surface area is 692 Å². The van der Waals surface area contributed by atoms with E-state index in [9.17, 15) is 0 Å². The minimum Gasteiger partial charge on any atom is -0.256 e. The van der Waals surface area contributed by atoms with Crippen molar-refractivity contribution in [3.05, 3.63) is 425 Å². The molecule has 5 aromatic heterocycles. The number of benzene rings is 19. The van der Waals surface area contributed by atoms with Gasteiger partial charge in [-0.15, -0.1) is 0 Å². The molecular weight excluding hydrogens is 1450 g/mol. The molecule has 0 unspecified atom stereocenters. The smallest absolute Gasteiger partial charge is 0.160 e. The Morgan fingerprint density at radius 3 is 1.05 bits per heavy atom. The van der Waals surface area contributed by atoms with Gasteiger partial charge in [-0.25, -0.2) is 19.9 Å². The maximum atomic E-state index is 5.39. The highest BCUT2D eigenvalue weighted by atomic mass is 14.9. The number of rotatable bonds is 10. The lowest BCUT2D eigenvalue weighted by Gasteiger charge is -2.21. The molecule has 5 heterocycles. The van der Waals surface area contributed by atoms with Crippen LogP contribution in [0.3, 0.4) is 0 Å². The number of hydrogen-bond donors (Lipinski definition) is 0. The van der Waals surface area contributed by atoms with Gasteiger partial charge in [-0.2, -0.15) is 0 Å². The van der Waals surface area contributed by atoms with Crippen molar-refractivity contribution in [2.24, 2.45) is 0 Å². The first-order chi connectivity index (χ1) is 59.5. The summed E-state index contributed by atoms with van der Waals surface area (Å²) >= 11 is 0. The second-order valence-corrected chi connectivity index (χ2v) is 31.0. The van der Waals surface area contributed by atoms with E-state index in [0.29, 0.717) is 5.82 Å². The molecule has 0 bridgehead atoms. The molecule has 0 aliphatic carbocycles. The first-order valence-corrected chi connectivity index (χ1v) is 40.9. The Balaban J connectivity index is 0.000000140. The summed E-state index contributed by atoms with van der Waals surface area (Å²) in [5.41, 5.74) is 24.1. The minimum atomic E-state index is 0.662. The van der Waals surface area contributed by atoms with Crippen LogP contribution < -0.4 is 0 Å². The fourth-order valence-electron chi connectivity index (χ4n) is 18.6. The van der Waals surface area contributed by atoms with Crippen LogP contribution in [0.5, 0.6) is 0 Å². The molecule has 24 aromatic rings. The van der Waals surface area contributed by atoms with Gasteiger partial charge in [-0.05, 0) is 169 Å². The number of aromatic nitrogens is 6. The first-order valence-electron chi connectivity index (χ1n) is 40.9. The normalized spacial score (nSPS) is 11.7. The zero-order chi connectivity index (χ0) is 79.1. The summed E-state index contributed by atoms with van der Waals surface area (Å²) in [6.45, 7) is 0. The molecule has 0 saturated heterocycles. The van der Waals surface area contributed by atoms with Gasteiger partial charge in [-0.3, -0.25) is 9.97 Å². The van der Waals surface area contributed by atoms with E-state index in [1.165, 1.54) is 109 Å². The van der Waals surface area contributed by atoms with Gasteiger partial charge in [0, 0.05) is 83.3 Å². The van der Waals surface area contributed by atoms with E-state index >= 15 is 0 Å². The van der Waals surface area contributed by atoms with Gasteiger partial charge in [0.1, 0.15) is 0 Å². The molecule has 6 heteroatoms. The zero-order valence-electron chi connectivity index (χ0n) is 65.1. The Hall–Kier alpha value is -16.0. The molecule has 0 fully saturated rings. The molecule has 24 rings (SSSR count). The molecule has 0 amide bonds. The average Bonchev–Trinajstić information content (AvgIpc) is 0.714. The molecule has 0 aliphatic rings. The van der Waals surface area contributed by atoms with Crippen molar-refractivity contribution in [2.75, 3.05) is 0 Å². The van der Waals surface area contributed by atoms with E-state index in [-0.39, 0.29) is 0 Å². The quantitative estimate of drug-likeness (QED) is 0.100. The zero-order valence-corrected chi connectivity index (χ0v) is 65.1. The van der Waals surface area contributed by atoms with Gasteiger partial charge in [0.25, 0.3) is 0 Å². The van der Waals surface area contributed by atoms with Gasteiger partial charge >= 0.3 is 0 Å². The van der Waals surface area contributed by atoms with Crippen LogP contribution in [-0.2, 0) is 0 Å². The summed E-state index contributed by atoms with van der Waals surface area (Å²) in [4.78, 5) is 31.4. The molecule has 120 heavy (non-hydrogen) atoms. The molecule has 6 nitrogen and oxygen atoms in total. The lowest BCUT2D eigenvalue weighted by Crippen LogP contribution is -1.98. The topological polar surface area (TPSA) is 77.3 Å². The average molecular weight is 1520 g/mol. The Morgan fingerprint density at radius 2 is 0.525 bits per heavy atom. The fourth-order valence-corrected chi connectivity index (χ4v) is 18.6. The van der Waals surface area contributed by atoms with Crippen molar-refractivity contribution in [3.63, 3.8) is 0 Å². The van der Waals surface area contributed by atoms with E-state index in [1.807, 2.05) is 30.6 Å². The van der Waals surface area contributed by atoms with Crippen LogP contribution in [-0.4, -0.2) is 29.9 Å². The molecular formula is C114H70N6. The maximum Gasteiger partial charge on any atom is 0.160 e. The predicted molar refractivity (Wildman–Crippen MR) is 504 cm³/mol. The van der Waals surface area contributed by atoms with E-state index < -0.39 is 0 Å². The van der Waals surface area contributed by atoms with E-state index in [1.54, 1.807) is 0 Å². The summed E-state index contributed by atoms with van der Waals surface area (Å²) in [6, 6.07) is 148. The van der Waals surface area contributed by atoms with Crippen LogP contribution in [0.1, 0.15) is 0 Å². The lowest BCUT2D eigenvalue weighted by atomic mass is 9.82. The van der Waals surface area contributed by atoms with Gasteiger partial charge < -0.3 is 0 Å². The van der Waals surface area contributed by atoms with Crippen LogP contribution in [0.4, 0.5) is 0 Å². The van der Waals surface area contributed by atoms with E-state index in [2.05, 4.69) is 394 Å². The van der Waals surface area contributed by atoms with Crippen molar-refractivity contribution in [1.82, 2.24) is 29.9 Å². The molecule has 556 valence electrons. The van der Waals surface area contributed by atoms with E-state index in [4.69, 9.17) is 29.9 Å². The predicted octanol–water partition coefficient (Wildman–Crippen LogP) is 30.3. The summed E-state index contributed by atoms with van der Waals surface area (Å²) in [6.07, 6.45) is 3.78. The van der Waals surface area contributed by atoms with Crippen LogP contribution in [0.2, 0.25) is 0 Å². The summed E-state index contributed by atoms with van der Waals surface area (Å²) in [5, 5.41) is 23.8. The number of pyridine rings is 4. The maximum absolute atomic E-state index is 5.39. The lowest BCUT2D eigenvalue weighted by molar-refractivity contribution is 1.18. The van der Waals surface area contributed by atoms with Gasteiger partial charge in [-0.1, -0.05) is 364 Å². The van der Waals surface area contributed by atoms with Crippen molar-refractivity contribution in [1.29, 1.82) is 0 Å². The second-order valence-electron chi connectivity index (χ2n) is 31.0. The van der Waals surface area contributed by atoms with Crippen LogP contribution in [0.25, 0.3) is 242 Å². The molecule has 19 aromatic carbocycles. The largest absolute Gasteiger partial charge is 0.256 e. The summed E-state index contributed by atoms with van der Waals surface area (Å²) in [7, 11) is 0. The van der Waals surface area contributed by atoms with Crippen LogP contribution >= 0.6 is 0 Å². The van der Waals surface area contributed by atoms with Gasteiger partial charge in [0.15, 0.2) is 5.82 Å². The monoisotopic (exact) mass is 1520 g/mol. The van der Waals surface area contributed by atoms with Crippen molar-refractivity contribution >= 4 is 130 Å². The standard InChI is InChI=1S/C60H36N2.C54H34N4/c1-4-19-41-37(14-1)17-11-25-45(41)57-47-22-7-8-23-48(47)58(46-26-12-18-38-15-2-5-20-42(38)46)54-36-40(30-31-49(54)57)43-33-34-53(59-50(43)27-13-35-61-59)60-52-32-29-39-16-3-6-21-44(39)56(52)51-24-9-10-28-55(51)62-60;1-3-12-35(13-4-1)37-21-25-40(26-22-37)49-34-50(58-54(57-49)41-27-23-38(24-28-41)36-14-5-2-6-15-36)43-31-32-47(52-44(43)19-11-33-55-52)53-46-30-29-39-16-7-8-17-42(39)51(46)45-18-9-10-20-48(45)56-53/h1-36H;1-34H. The third-order valence-electron chi connectivity index (χ3n) is 24.2. The van der Waals surface area contributed by atoms with Crippen molar-refractivity contribution < 1.29 is 0 Å². The highest BCUT2D eigenvalue weighted by Crippen LogP contribution is 2.50. The SMILES string of the molecule is c1ccc(-c2ccc(-c3cc(-c4ccc(-c5nc6ccccc6c6c5ccc5ccccc56)c5ncccc45)nc(-c4ccc(-c5ccccc5)cc4)n3)cc2)cc1.c1ccc2c(-c3c4ccccc4c(-c4cccc5ccccc45)c4cc(-c5ccc(-c6nc7ccccc7c7c6ccc6ccccc67)c6ncccc56)ccc34)cccc2c1. The fraction of sp³-hybridized carbons (Fsp3) is 0. The number of hydrogen-bond acceptors (Lipinski definition) is 6. The summed E-state index contributed by atoms with van der Waals surface area (Å²) in [5.74, 6) is 0.662. The van der Waals surface area contributed by atoms with Gasteiger partial charge in [0.2, 0.25) is 0 Å². The molecule has 0 radical (unpaired) electrons. The third kappa shape index (κ3) is 11.9. The number of fused-ring (bicyclic) bond motifs is 16. The Morgan fingerprint density at radius 1 is 0.167 bits per heavy atom. The molecule has 0 spiro atoms. The highest BCUT2D eigenvalue weighted by molar-refractivity contribution is 6.28.